The maximum atomic E-state index is 12.3. The van der Waals surface area contributed by atoms with Crippen LogP contribution < -0.4 is 0 Å². The Labute approximate surface area is 156 Å². The number of nitrogens with zero attached hydrogens (tertiary/aromatic N) is 2. The molecule has 0 spiro atoms. The third-order valence-electron chi connectivity index (χ3n) is 3.59. The first-order valence-electron chi connectivity index (χ1n) is 8.00. The third kappa shape index (κ3) is 5.04. The van der Waals surface area contributed by atoms with Crippen molar-refractivity contribution in [3.63, 3.8) is 0 Å². The van der Waals surface area contributed by atoms with Crippen LogP contribution in [0.1, 0.15) is 47.1 Å². The number of pyridine rings is 1. The van der Waals surface area contributed by atoms with Gasteiger partial charge in [0.1, 0.15) is 11.8 Å². The summed E-state index contributed by atoms with van der Waals surface area (Å²) in [4.78, 5) is 27.9. The van der Waals surface area contributed by atoms with E-state index in [9.17, 15) is 20.0 Å². The number of carbonyl (C=O) groups is 2. The van der Waals surface area contributed by atoms with Crippen LogP contribution >= 0.6 is 11.6 Å². The van der Waals surface area contributed by atoms with Crippen LogP contribution in [0.2, 0.25) is 5.02 Å². The molecule has 1 heterocycles. The molecule has 0 fully saturated rings. The molecule has 1 aromatic heterocycles. The average molecular weight is 373 g/mol. The molecule has 7 heteroatoms. The Balaban J connectivity index is 2.25. The molecule has 0 atom stereocenters. The lowest BCUT2D eigenvalue weighted by Crippen LogP contribution is -2.11. The van der Waals surface area contributed by atoms with Crippen molar-refractivity contribution in [3.8, 4) is 11.8 Å². The van der Waals surface area contributed by atoms with E-state index in [1.807, 2.05) is 18.2 Å². The highest BCUT2D eigenvalue weighted by atomic mass is 35.5. The molecule has 0 aliphatic rings. The largest absolute Gasteiger partial charge is 0.504 e. The van der Waals surface area contributed by atoms with Gasteiger partial charge in [0.05, 0.1) is 18.6 Å². The molecule has 0 aliphatic heterocycles. The van der Waals surface area contributed by atoms with Crippen molar-refractivity contribution in [2.45, 2.75) is 26.2 Å². The molecular weight excluding hydrogens is 356 g/mol. The van der Waals surface area contributed by atoms with Crippen LogP contribution in [0.4, 0.5) is 0 Å². The molecule has 6 nitrogen and oxygen atoms in total. The van der Waals surface area contributed by atoms with Gasteiger partial charge in [-0.2, -0.15) is 5.26 Å². The van der Waals surface area contributed by atoms with Gasteiger partial charge in [0.25, 0.3) is 0 Å². The van der Waals surface area contributed by atoms with Gasteiger partial charge < -0.3 is 9.84 Å². The van der Waals surface area contributed by atoms with Crippen molar-refractivity contribution in [1.29, 1.82) is 5.26 Å². The van der Waals surface area contributed by atoms with Gasteiger partial charge in [0.2, 0.25) is 0 Å². The maximum Gasteiger partial charge on any atom is 0.306 e. The number of benzene rings is 1. The number of Topliss-reactive ketones (excluding diaryl/α,β-unsaturated/α-hetero) is 1. The van der Waals surface area contributed by atoms with Gasteiger partial charge in [0.15, 0.2) is 11.5 Å². The minimum atomic E-state index is -0.523. The van der Waals surface area contributed by atoms with E-state index >= 15 is 0 Å². The SMILES string of the molecule is CCOC(=O)CCC(=O)c1nc(Cc2ccc(Cl)cc2)cc(C#N)c1O. The number of ether oxygens (including phenoxy) is 1. The number of rotatable bonds is 7. The van der Waals surface area contributed by atoms with E-state index in [2.05, 4.69) is 4.98 Å². The van der Waals surface area contributed by atoms with Crippen LogP contribution in [0.15, 0.2) is 30.3 Å². The number of halogens is 1. The molecule has 134 valence electrons. The Bertz CT molecular complexity index is 857. The predicted molar refractivity (Wildman–Crippen MR) is 95.1 cm³/mol. The highest BCUT2D eigenvalue weighted by molar-refractivity contribution is 6.30. The summed E-state index contributed by atoms with van der Waals surface area (Å²) in [6.07, 6.45) is 0.0933. The zero-order chi connectivity index (χ0) is 19.1. The smallest absolute Gasteiger partial charge is 0.306 e. The minimum Gasteiger partial charge on any atom is -0.504 e. The standard InChI is InChI=1S/C19H17ClN2O4/c1-2-26-17(24)8-7-16(23)18-19(25)13(11-21)10-15(22-18)9-12-3-5-14(20)6-4-12/h3-6,10,25H,2,7-9H2,1H3. The van der Waals surface area contributed by atoms with Crippen molar-refractivity contribution in [2.24, 2.45) is 0 Å². The Hall–Kier alpha value is -2.91. The summed E-state index contributed by atoms with van der Waals surface area (Å²) in [6.45, 7) is 1.90. The number of esters is 1. The number of aromatic nitrogens is 1. The van der Waals surface area contributed by atoms with Gasteiger partial charge in [0, 0.05) is 23.6 Å². The normalized spacial score (nSPS) is 10.2. The van der Waals surface area contributed by atoms with E-state index in [1.54, 1.807) is 19.1 Å². The van der Waals surface area contributed by atoms with Crippen LogP contribution in [0.3, 0.4) is 0 Å². The average Bonchev–Trinajstić information content (AvgIpc) is 2.63. The number of carbonyl (C=O) groups excluding carboxylic acids is 2. The van der Waals surface area contributed by atoms with E-state index in [0.29, 0.717) is 17.1 Å². The number of aromatic hydroxyl groups is 1. The fourth-order valence-corrected chi connectivity index (χ4v) is 2.47. The van der Waals surface area contributed by atoms with Gasteiger partial charge in [-0.15, -0.1) is 0 Å². The van der Waals surface area contributed by atoms with E-state index in [-0.39, 0.29) is 30.7 Å². The van der Waals surface area contributed by atoms with Gasteiger partial charge in [-0.25, -0.2) is 4.98 Å². The second-order valence-corrected chi connectivity index (χ2v) is 5.94. The highest BCUT2D eigenvalue weighted by Gasteiger charge is 2.19. The molecule has 26 heavy (non-hydrogen) atoms. The summed E-state index contributed by atoms with van der Waals surface area (Å²) in [7, 11) is 0. The number of hydrogen-bond acceptors (Lipinski definition) is 6. The second kappa shape index (κ2) is 8.97. The van der Waals surface area contributed by atoms with Crippen molar-refractivity contribution < 1.29 is 19.4 Å². The fraction of sp³-hybridized carbons (Fsp3) is 0.263. The summed E-state index contributed by atoms with van der Waals surface area (Å²) in [5, 5.41) is 19.9. The molecule has 0 saturated carbocycles. The lowest BCUT2D eigenvalue weighted by Gasteiger charge is -2.09. The molecular formula is C19H17ClN2O4. The number of hydrogen-bond donors (Lipinski definition) is 1. The van der Waals surface area contributed by atoms with Gasteiger partial charge in [-0.1, -0.05) is 23.7 Å². The summed E-state index contributed by atoms with van der Waals surface area (Å²) < 4.78 is 4.78. The first-order valence-corrected chi connectivity index (χ1v) is 8.38. The van der Waals surface area contributed by atoms with Crippen molar-refractivity contribution >= 4 is 23.4 Å². The summed E-state index contributed by atoms with van der Waals surface area (Å²) >= 11 is 5.86. The molecule has 2 aromatic rings. The van der Waals surface area contributed by atoms with Gasteiger partial charge in [-0.05, 0) is 30.7 Å². The van der Waals surface area contributed by atoms with Crippen LogP contribution in [-0.2, 0) is 16.0 Å². The lowest BCUT2D eigenvalue weighted by atomic mass is 10.0. The summed E-state index contributed by atoms with van der Waals surface area (Å²) in [6, 6.07) is 10.4. The minimum absolute atomic E-state index is 0.0385. The molecule has 0 radical (unpaired) electrons. The van der Waals surface area contributed by atoms with Gasteiger partial charge in [-0.3, -0.25) is 9.59 Å². The quantitative estimate of drug-likeness (QED) is 0.590. The van der Waals surface area contributed by atoms with Crippen LogP contribution in [0.5, 0.6) is 5.75 Å². The zero-order valence-corrected chi connectivity index (χ0v) is 14.9. The van der Waals surface area contributed by atoms with Crippen LogP contribution in [0.25, 0.3) is 0 Å². The van der Waals surface area contributed by atoms with Crippen molar-refractivity contribution in [1.82, 2.24) is 4.98 Å². The molecule has 0 aliphatic carbocycles. The Morgan fingerprint density at radius 3 is 2.58 bits per heavy atom. The van der Waals surface area contributed by atoms with E-state index in [4.69, 9.17) is 16.3 Å². The maximum absolute atomic E-state index is 12.3. The van der Waals surface area contributed by atoms with E-state index < -0.39 is 17.5 Å². The number of ketones is 1. The first kappa shape index (κ1) is 19.4. The molecule has 2 rings (SSSR count). The third-order valence-corrected chi connectivity index (χ3v) is 3.84. The predicted octanol–water partition coefficient (Wildman–Crippen LogP) is 3.43. The molecule has 1 N–H and O–H groups in total. The molecule has 0 amide bonds. The Morgan fingerprint density at radius 2 is 1.96 bits per heavy atom. The molecule has 0 unspecified atom stereocenters. The molecule has 0 bridgehead atoms. The zero-order valence-electron chi connectivity index (χ0n) is 14.2. The van der Waals surface area contributed by atoms with Crippen molar-refractivity contribution in [3.05, 3.63) is 57.9 Å². The molecule has 1 aromatic carbocycles. The Morgan fingerprint density at radius 1 is 1.27 bits per heavy atom. The first-order chi connectivity index (χ1) is 12.4. The molecule has 0 saturated heterocycles. The summed E-state index contributed by atoms with van der Waals surface area (Å²) in [5.41, 5.74) is 1.10. The van der Waals surface area contributed by atoms with Crippen molar-refractivity contribution in [2.75, 3.05) is 6.61 Å². The topological polar surface area (TPSA) is 100 Å². The van der Waals surface area contributed by atoms with E-state index in [0.717, 1.165) is 5.56 Å². The highest BCUT2D eigenvalue weighted by Crippen LogP contribution is 2.24. The van der Waals surface area contributed by atoms with Gasteiger partial charge >= 0.3 is 5.97 Å². The second-order valence-electron chi connectivity index (χ2n) is 5.50. The lowest BCUT2D eigenvalue weighted by molar-refractivity contribution is -0.143. The Kier molecular flexibility index (Phi) is 6.70. The van der Waals surface area contributed by atoms with E-state index in [1.165, 1.54) is 6.07 Å². The number of nitriles is 1. The van der Waals surface area contributed by atoms with Crippen LogP contribution in [-0.4, -0.2) is 28.4 Å². The summed E-state index contributed by atoms with van der Waals surface area (Å²) in [5.74, 6) is -1.50. The van der Waals surface area contributed by atoms with Crippen LogP contribution in [0, 0.1) is 11.3 Å². The fourth-order valence-electron chi connectivity index (χ4n) is 2.34. The monoisotopic (exact) mass is 372 g/mol.